The van der Waals surface area contributed by atoms with E-state index in [1.54, 1.807) is 0 Å². The molecule has 2 saturated heterocycles. The number of nitrogens with one attached hydrogen (secondary N) is 2. The summed E-state index contributed by atoms with van der Waals surface area (Å²) in [5.74, 6) is 1.77. The van der Waals surface area contributed by atoms with E-state index in [4.69, 9.17) is 9.15 Å². The summed E-state index contributed by atoms with van der Waals surface area (Å²) in [6, 6.07) is 5.18. The smallest absolute Gasteiger partial charge is 0.225 e. The highest BCUT2D eigenvalue weighted by molar-refractivity contribution is 5.79. The van der Waals surface area contributed by atoms with Gasteiger partial charge in [0.1, 0.15) is 12.4 Å². The van der Waals surface area contributed by atoms with E-state index < -0.39 is 6.10 Å². The molecule has 12 heteroatoms. The molecule has 4 heterocycles. The number of oxazole rings is 1. The monoisotopic (exact) mass is 804 g/mol. The summed E-state index contributed by atoms with van der Waals surface area (Å²) in [5.41, 5.74) is 4.58. The van der Waals surface area contributed by atoms with Crippen LogP contribution in [0.3, 0.4) is 0 Å². The Morgan fingerprint density at radius 2 is 1.66 bits per heavy atom. The van der Waals surface area contributed by atoms with E-state index in [1.807, 2.05) is 31.7 Å². The fourth-order valence-corrected chi connectivity index (χ4v) is 10.3. The number of piperazine rings is 1. The predicted octanol–water partition coefficient (Wildman–Crippen LogP) is 5.91. The first-order valence-electron chi connectivity index (χ1n) is 23.0. The number of ether oxygens (including phenoxy) is 1. The number of aliphatic hydroxyl groups is 1. The number of aliphatic hydroxyl groups excluding tert-OH is 1. The van der Waals surface area contributed by atoms with Gasteiger partial charge in [-0.25, -0.2) is 4.98 Å². The van der Waals surface area contributed by atoms with E-state index in [1.165, 1.54) is 94.6 Å². The first-order chi connectivity index (χ1) is 28.1. The molecule has 0 radical (unpaired) electrons. The van der Waals surface area contributed by atoms with Crippen molar-refractivity contribution in [1.29, 1.82) is 0 Å². The summed E-state index contributed by atoms with van der Waals surface area (Å²) in [4.78, 5) is 41.2. The zero-order valence-corrected chi connectivity index (χ0v) is 36.1. The van der Waals surface area contributed by atoms with Gasteiger partial charge in [-0.2, -0.15) is 0 Å². The number of carbonyl (C=O) groups excluding carboxylic acids is 2. The Hall–Kier alpha value is -3.03. The normalized spacial score (nSPS) is 25.6. The van der Waals surface area contributed by atoms with Gasteiger partial charge in [-0.15, -0.1) is 0 Å². The van der Waals surface area contributed by atoms with Crippen molar-refractivity contribution < 1.29 is 23.8 Å². The largest absolute Gasteiger partial charge is 0.485 e. The van der Waals surface area contributed by atoms with E-state index in [9.17, 15) is 14.7 Å². The van der Waals surface area contributed by atoms with E-state index in [0.717, 1.165) is 81.3 Å². The Balaban J connectivity index is 0.986. The van der Waals surface area contributed by atoms with E-state index in [-0.39, 0.29) is 42.5 Å². The van der Waals surface area contributed by atoms with E-state index in [2.05, 4.69) is 43.3 Å². The van der Waals surface area contributed by atoms with Gasteiger partial charge in [0.15, 0.2) is 12.2 Å². The zero-order valence-electron chi connectivity index (χ0n) is 36.1. The Bertz CT molecular complexity index is 1630. The lowest BCUT2D eigenvalue weighted by Crippen LogP contribution is -2.68. The number of benzene rings is 1. The first kappa shape index (κ1) is 43.1. The number of β-amino-alcohol motifs (C(OH)–C–C–N with tert-alkyl or cyclic N) is 1. The van der Waals surface area contributed by atoms with E-state index in [0.29, 0.717) is 25.2 Å². The van der Waals surface area contributed by atoms with Crippen molar-refractivity contribution in [1.82, 2.24) is 35.2 Å². The van der Waals surface area contributed by atoms with Crippen molar-refractivity contribution >= 4 is 11.8 Å². The molecule has 3 aliphatic heterocycles. The van der Waals surface area contributed by atoms with Gasteiger partial charge in [-0.1, -0.05) is 71.3 Å². The van der Waals surface area contributed by atoms with Crippen molar-refractivity contribution in [2.45, 2.75) is 168 Å². The van der Waals surface area contributed by atoms with Crippen LogP contribution in [-0.2, 0) is 29.2 Å². The lowest BCUT2D eigenvalue weighted by Gasteiger charge is -2.55. The van der Waals surface area contributed by atoms with Crippen LogP contribution in [0.1, 0.15) is 132 Å². The first-order valence-corrected chi connectivity index (χ1v) is 23.0. The molecule has 2 aliphatic carbocycles. The van der Waals surface area contributed by atoms with Crippen molar-refractivity contribution in [2.24, 2.45) is 11.8 Å². The van der Waals surface area contributed by atoms with Crippen molar-refractivity contribution in [3.63, 3.8) is 0 Å². The third kappa shape index (κ3) is 10.8. The Kier molecular flexibility index (Phi) is 15.2. The number of carbonyl (C=O) groups is 2. The van der Waals surface area contributed by atoms with Crippen molar-refractivity contribution in [2.75, 3.05) is 45.8 Å². The summed E-state index contributed by atoms with van der Waals surface area (Å²) in [5, 5.41) is 18.6. The fourth-order valence-electron chi connectivity index (χ4n) is 10.3. The predicted molar refractivity (Wildman–Crippen MR) is 226 cm³/mol. The second kappa shape index (κ2) is 20.5. The SMILES string of the molecule is Cc1ncoc1COc1ccc2c(c1C)CCN(C[C@@H](O)CNC(=O)C1CC(NC3CCC3)N(C3CCCCCCCCC3)C(N3CCN(C(=O)C(C)C)CC3)C1)C2. The van der Waals surface area contributed by atoms with Crippen LogP contribution in [-0.4, -0.2) is 118 Å². The minimum atomic E-state index is -0.659. The number of fused-ring (bicyclic) bond motifs is 1. The molecule has 2 aromatic rings. The average molecular weight is 804 g/mol. The van der Waals surface area contributed by atoms with Crippen molar-refractivity contribution in [3.05, 3.63) is 46.7 Å². The number of rotatable bonds is 13. The molecule has 1 aromatic carbocycles. The molecule has 3 unspecified atom stereocenters. The molecule has 322 valence electrons. The molecule has 0 spiro atoms. The van der Waals surface area contributed by atoms with Crippen LogP contribution in [0.25, 0.3) is 0 Å². The van der Waals surface area contributed by atoms with Gasteiger partial charge in [-0.3, -0.25) is 29.6 Å². The number of hydrogen-bond donors (Lipinski definition) is 3. The minimum Gasteiger partial charge on any atom is -0.485 e. The molecular formula is C46H73N7O5. The molecule has 7 rings (SSSR count). The van der Waals surface area contributed by atoms with Crippen LogP contribution in [0.5, 0.6) is 5.75 Å². The highest BCUT2D eigenvalue weighted by atomic mass is 16.5. The molecule has 3 N–H and O–H groups in total. The maximum atomic E-state index is 14.2. The van der Waals surface area contributed by atoms with Gasteiger partial charge in [0, 0.05) is 76.3 Å². The Labute approximate surface area is 347 Å². The summed E-state index contributed by atoms with van der Waals surface area (Å²) in [7, 11) is 0. The highest BCUT2D eigenvalue weighted by Gasteiger charge is 2.45. The quantitative estimate of drug-likeness (QED) is 0.225. The maximum absolute atomic E-state index is 14.2. The topological polar surface area (TPSA) is 127 Å². The van der Waals surface area contributed by atoms with Gasteiger partial charge < -0.3 is 24.5 Å². The minimum absolute atomic E-state index is 0.00439. The Morgan fingerprint density at radius 3 is 2.31 bits per heavy atom. The third-order valence-corrected chi connectivity index (χ3v) is 14.1. The summed E-state index contributed by atoms with van der Waals surface area (Å²) in [6.45, 7) is 13.9. The number of nitrogens with zero attached hydrogens (tertiary/aromatic N) is 5. The van der Waals surface area contributed by atoms with Crippen LogP contribution in [0.2, 0.25) is 0 Å². The lowest BCUT2D eigenvalue weighted by atomic mass is 9.85. The molecule has 2 amide bonds. The molecule has 58 heavy (non-hydrogen) atoms. The highest BCUT2D eigenvalue weighted by Crippen LogP contribution is 2.37. The van der Waals surface area contributed by atoms with Crippen LogP contribution in [0, 0.1) is 25.7 Å². The van der Waals surface area contributed by atoms with E-state index >= 15 is 0 Å². The molecule has 5 aliphatic rings. The summed E-state index contributed by atoms with van der Waals surface area (Å²) in [6.07, 6.45) is 18.9. The Morgan fingerprint density at radius 1 is 0.931 bits per heavy atom. The lowest BCUT2D eigenvalue weighted by molar-refractivity contribution is -0.143. The maximum Gasteiger partial charge on any atom is 0.225 e. The fraction of sp³-hybridized carbons (Fsp3) is 0.761. The van der Waals surface area contributed by atoms with Crippen molar-refractivity contribution in [3.8, 4) is 5.75 Å². The number of aryl methyl sites for hydroxylation is 1. The number of hydrogen-bond acceptors (Lipinski definition) is 10. The molecule has 0 bridgehead atoms. The second-order valence-electron chi connectivity index (χ2n) is 18.5. The molecule has 2 saturated carbocycles. The van der Waals surface area contributed by atoms with Gasteiger partial charge in [0.05, 0.1) is 24.1 Å². The molecule has 4 fully saturated rings. The van der Waals surface area contributed by atoms with Crippen LogP contribution in [0.4, 0.5) is 0 Å². The van der Waals surface area contributed by atoms with Crippen LogP contribution >= 0.6 is 0 Å². The average Bonchev–Trinajstić information content (AvgIpc) is 3.63. The number of amides is 2. The summed E-state index contributed by atoms with van der Waals surface area (Å²) >= 11 is 0. The van der Waals surface area contributed by atoms with Gasteiger partial charge >= 0.3 is 0 Å². The number of likely N-dealkylation sites (tertiary alicyclic amines) is 1. The van der Waals surface area contributed by atoms with Crippen LogP contribution < -0.4 is 15.4 Å². The van der Waals surface area contributed by atoms with Gasteiger partial charge in [0.25, 0.3) is 0 Å². The second-order valence-corrected chi connectivity index (χ2v) is 18.5. The zero-order chi connectivity index (χ0) is 40.6. The molecule has 12 nitrogen and oxygen atoms in total. The molecule has 4 atom stereocenters. The standard InChI is InChI=1S/C46H73N7O5/c1-32(2)46(56)52-23-21-51(22-24-52)44-26-36(25-43(49-37-13-12-14-37)53(44)38-15-10-8-6-5-7-9-11-16-38)45(55)47-27-39(54)29-50-20-19-40-33(3)41(18-17-35(40)28-50)57-30-42-34(4)48-31-58-42/h17-18,31-32,36-39,43-44,49,54H,5-16,19-30H2,1-4H3,(H,47,55)/t36?,39-,43?,44?/m0/s1. The number of piperidine rings is 1. The third-order valence-electron chi connectivity index (χ3n) is 14.1. The molecular weight excluding hydrogens is 731 g/mol. The number of aromatic nitrogens is 1. The van der Waals surface area contributed by atoms with Crippen LogP contribution in [0.15, 0.2) is 22.9 Å². The van der Waals surface area contributed by atoms with Gasteiger partial charge in [0.2, 0.25) is 11.8 Å². The summed E-state index contributed by atoms with van der Waals surface area (Å²) < 4.78 is 11.6. The van der Waals surface area contributed by atoms with Gasteiger partial charge in [-0.05, 0) is 81.5 Å². The molecule has 1 aromatic heterocycles.